The van der Waals surface area contributed by atoms with E-state index in [2.05, 4.69) is 10.6 Å². The van der Waals surface area contributed by atoms with E-state index in [0.717, 1.165) is 64.5 Å². The van der Waals surface area contributed by atoms with Crippen LogP contribution in [0.2, 0.25) is 0 Å². The second-order valence-corrected chi connectivity index (χ2v) is 7.27. The SMILES string of the molecule is O=C(O)CC1(NC(=O)C2CC23CCNCC3)CCCCC1. The molecule has 3 fully saturated rings. The monoisotopic (exact) mass is 294 g/mol. The lowest BCUT2D eigenvalue weighted by Crippen LogP contribution is -2.52. The molecule has 1 saturated heterocycles. The maximum atomic E-state index is 12.6. The number of amides is 1. The van der Waals surface area contributed by atoms with Gasteiger partial charge in [-0.2, -0.15) is 0 Å². The van der Waals surface area contributed by atoms with E-state index in [9.17, 15) is 14.7 Å². The van der Waals surface area contributed by atoms with Gasteiger partial charge in [0.05, 0.1) is 12.0 Å². The molecule has 1 heterocycles. The van der Waals surface area contributed by atoms with Crippen molar-refractivity contribution in [3.63, 3.8) is 0 Å². The third-order valence-electron chi connectivity index (χ3n) is 5.79. The molecule has 1 spiro atoms. The van der Waals surface area contributed by atoms with E-state index < -0.39 is 11.5 Å². The number of hydrogen-bond donors (Lipinski definition) is 3. The number of carboxylic acids is 1. The first-order valence-electron chi connectivity index (χ1n) is 8.30. The molecule has 0 aromatic heterocycles. The molecule has 0 radical (unpaired) electrons. The molecule has 21 heavy (non-hydrogen) atoms. The van der Waals surface area contributed by atoms with Gasteiger partial charge < -0.3 is 15.7 Å². The van der Waals surface area contributed by atoms with Crippen LogP contribution in [0.25, 0.3) is 0 Å². The third-order valence-corrected chi connectivity index (χ3v) is 5.79. The first kappa shape index (κ1) is 14.8. The highest BCUT2D eigenvalue weighted by molar-refractivity contribution is 5.84. The van der Waals surface area contributed by atoms with Crippen molar-refractivity contribution < 1.29 is 14.7 Å². The fourth-order valence-corrected chi connectivity index (χ4v) is 4.41. The van der Waals surface area contributed by atoms with Gasteiger partial charge in [-0.3, -0.25) is 9.59 Å². The highest BCUT2D eigenvalue weighted by atomic mass is 16.4. The Balaban J connectivity index is 1.63. The van der Waals surface area contributed by atoms with Gasteiger partial charge in [-0.05, 0) is 50.6 Å². The van der Waals surface area contributed by atoms with Gasteiger partial charge in [0.1, 0.15) is 0 Å². The number of carbonyl (C=O) groups excluding carboxylic acids is 1. The first-order valence-corrected chi connectivity index (χ1v) is 8.30. The van der Waals surface area contributed by atoms with E-state index in [1.807, 2.05) is 0 Å². The van der Waals surface area contributed by atoms with Crippen molar-refractivity contribution in [2.24, 2.45) is 11.3 Å². The summed E-state index contributed by atoms with van der Waals surface area (Å²) in [6.45, 7) is 2.01. The number of piperidine rings is 1. The average molecular weight is 294 g/mol. The summed E-state index contributed by atoms with van der Waals surface area (Å²) >= 11 is 0. The predicted octanol–water partition coefficient (Wildman–Crippen LogP) is 1.67. The van der Waals surface area contributed by atoms with Crippen molar-refractivity contribution in [1.82, 2.24) is 10.6 Å². The van der Waals surface area contributed by atoms with Crippen LogP contribution >= 0.6 is 0 Å². The number of aliphatic carboxylic acids is 1. The second kappa shape index (κ2) is 5.59. The number of nitrogens with one attached hydrogen (secondary N) is 2. The Morgan fingerprint density at radius 2 is 1.76 bits per heavy atom. The Morgan fingerprint density at radius 3 is 2.38 bits per heavy atom. The van der Waals surface area contributed by atoms with Crippen LogP contribution < -0.4 is 10.6 Å². The Hall–Kier alpha value is -1.10. The Morgan fingerprint density at radius 1 is 1.10 bits per heavy atom. The van der Waals surface area contributed by atoms with Crippen molar-refractivity contribution in [1.29, 1.82) is 0 Å². The van der Waals surface area contributed by atoms with Gasteiger partial charge in [0, 0.05) is 5.92 Å². The molecule has 2 saturated carbocycles. The molecule has 3 rings (SSSR count). The summed E-state index contributed by atoms with van der Waals surface area (Å²) in [6, 6.07) is 0. The van der Waals surface area contributed by atoms with Crippen molar-refractivity contribution in [3.8, 4) is 0 Å². The van der Waals surface area contributed by atoms with Gasteiger partial charge in [0.2, 0.25) is 5.91 Å². The van der Waals surface area contributed by atoms with Crippen molar-refractivity contribution in [2.75, 3.05) is 13.1 Å². The van der Waals surface area contributed by atoms with Gasteiger partial charge in [-0.15, -0.1) is 0 Å². The largest absolute Gasteiger partial charge is 0.481 e. The zero-order valence-electron chi connectivity index (χ0n) is 12.6. The Kier molecular flexibility index (Phi) is 3.95. The molecule has 2 aliphatic carbocycles. The quantitative estimate of drug-likeness (QED) is 0.737. The lowest BCUT2D eigenvalue weighted by molar-refractivity contribution is -0.139. The molecular formula is C16H26N2O3. The molecule has 1 unspecified atom stereocenters. The molecule has 0 aromatic rings. The van der Waals surface area contributed by atoms with Gasteiger partial charge in [0.25, 0.3) is 0 Å². The molecule has 0 aromatic carbocycles. The summed E-state index contributed by atoms with van der Waals surface area (Å²) in [7, 11) is 0. The molecule has 1 amide bonds. The number of hydrogen-bond acceptors (Lipinski definition) is 3. The number of rotatable bonds is 4. The Labute approximate surface area is 125 Å². The first-order chi connectivity index (χ1) is 10.1. The molecule has 3 N–H and O–H groups in total. The topological polar surface area (TPSA) is 78.4 Å². The van der Waals surface area contributed by atoms with Crippen LogP contribution in [0.3, 0.4) is 0 Å². The lowest BCUT2D eigenvalue weighted by atomic mass is 9.79. The van der Waals surface area contributed by atoms with Crippen LogP contribution in [0.15, 0.2) is 0 Å². The number of carbonyl (C=O) groups is 2. The van der Waals surface area contributed by atoms with Crippen molar-refractivity contribution >= 4 is 11.9 Å². The molecule has 5 nitrogen and oxygen atoms in total. The highest BCUT2D eigenvalue weighted by Gasteiger charge is 2.58. The normalized spacial score (nSPS) is 29.8. The van der Waals surface area contributed by atoms with Crippen LogP contribution in [0, 0.1) is 11.3 Å². The lowest BCUT2D eigenvalue weighted by Gasteiger charge is -2.37. The van der Waals surface area contributed by atoms with E-state index >= 15 is 0 Å². The molecular weight excluding hydrogens is 268 g/mol. The summed E-state index contributed by atoms with van der Waals surface area (Å²) < 4.78 is 0. The highest BCUT2D eigenvalue weighted by Crippen LogP contribution is 2.58. The second-order valence-electron chi connectivity index (χ2n) is 7.27. The summed E-state index contributed by atoms with van der Waals surface area (Å²) in [5, 5.41) is 15.7. The van der Waals surface area contributed by atoms with E-state index in [1.54, 1.807) is 0 Å². The molecule has 118 valence electrons. The van der Waals surface area contributed by atoms with Crippen molar-refractivity contribution in [2.45, 2.75) is 63.3 Å². The van der Waals surface area contributed by atoms with Gasteiger partial charge >= 0.3 is 5.97 Å². The zero-order chi connectivity index (χ0) is 14.9. The van der Waals surface area contributed by atoms with Crippen LogP contribution in [0.5, 0.6) is 0 Å². The fraction of sp³-hybridized carbons (Fsp3) is 0.875. The summed E-state index contributed by atoms with van der Waals surface area (Å²) in [4.78, 5) is 23.8. The van der Waals surface area contributed by atoms with Crippen molar-refractivity contribution in [3.05, 3.63) is 0 Å². The standard InChI is InChI=1S/C16H26N2O3/c19-13(20)11-16(4-2-1-3-5-16)18-14(21)12-10-15(12)6-8-17-9-7-15/h12,17H,1-11H2,(H,18,21)(H,19,20). The van der Waals surface area contributed by atoms with Crippen LogP contribution in [-0.2, 0) is 9.59 Å². The van der Waals surface area contributed by atoms with Crippen LogP contribution in [-0.4, -0.2) is 35.6 Å². The average Bonchev–Trinajstić information content (AvgIpc) is 3.13. The van der Waals surface area contributed by atoms with E-state index in [-0.39, 0.29) is 23.7 Å². The molecule has 1 aliphatic heterocycles. The minimum atomic E-state index is -0.801. The minimum absolute atomic E-state index is 0.0695. The molecule has 0 bridgehead atoms. The van der Waals surface area contributed by atoms with E-state index in [0.29, 0.717) is 0 Å². The van der Waals surface area contributed by atoms with Gasteiger partial charge in [0.15, 0.2) is 0 Å². The molecule has 5 heteroatoms. The van der Waals surface area contributed by atoms with Gasteiger partial charge in [-0.25, -0.2) is 0 Å². The van der Waals surface area contributed by atoms with E-state index in [4.69, 9.17) is 0 Å². The maximum absolute atomic E-state index is 12.6. The molecule has 3 aliphatic rings. The predicted molar refractivity (Wildman–Crippen MR) is 78.9 cm³/mol. The van der Waals surface area contributed by atoms with E-state index in [1.165, 1.54) is 0 Å². The summed E-state index contributed by atoms with van der Waals surface area (Å²) in [5.41, 5.74) is -0.272. The summed E-state index contributed by atoms with van der Waals surface area (Å²) in [6.07, 6.45) is 8.03. The smallest absolute Gasteiger partial charge is 0.305 e. The minimum Gasteiger partial charge on any atom is -0.481 e. The van der Waals surface area contributed by atoms with Crippen LogP contribution in [0.4, 0.5) is 0 Å². The van der Waals surface area contributed by atoms with Gasteiger partial charge in [-0.1, -0.05) is 19.3 Å². The van der Waals surface area contributed by atoms with Crippen LogP contribution in [0.1, 0.15) is 57.8 Å². The molecule has 1 atom stereocenters. The zero-order valence-corrected chi connectivity index (χ0v) is 12.6. The third kappa shape index (κ3) is 3.07. The Bertz CT molecular complexity index is 423. The summed E-state index contributed by atoms with van der Waals surface area (Å²) in [5.74, 6) is -0.572. The number of carboxylic acid groups (broad SMARTS) is 1. The fourth-order valence-electron chi connectivity index (χ4n) is 4.41. The maximum Gasteiger partial charge on any atom is 0.305 e.